The number of amides is 1. The maximum absolute atomic E-state index is 11.5. The highest BCUT2D eigenvalue weighted by Gasteiger charge is 2.23. The average molecular weight is 263 g/mol. The molecule has 1 aromatic rings. The van der Waals surface area contributed by atoms with Crippen molar-refractivity contribution in [3.8, 4) is 0 Å². The van der Waals surface area contributed by atoms with Crippen LogP contribution in [-0.2, 0) is 11.2 Å². The molecule has 0 saturated carbocycles. The second-order valence-electron chi connectivity index (χ2n) is 4.99. The third-order valence-electron chi connectivity index (χ3n) is 3.45. The second-order valence-corrected chi connectivity index (χ2v) is 4.99. The molecule has 2 heterocycles. The van der Waals surface area contributed by atoms with E-state index in [0.29, 0.717) is 18.8 Å². The molecular formula is C13H21N5O. The zero-order chi connectivity index (χ0) is 13.8. The molecule has 1 fully saturated rings. The summed E-state index contributed by atoms with van der Waals surface area (Å²) in [6.07, 6.45) is 4.75. The molecule has 1 aromatic heterocycles. The summed E-state index contributed by atoms with van der Waals surface area (Å²) in [6, 6.07) is 0.229. The van der Waals surface area contributed by atoms with Crippen molar-refractivity contribution >= 4 is 17.5 Å². The molecule has 6 nitrogen and oxygen atoms in total. The van der Waals surface area contributed by atoms with Gasteiger partial charge >= 0.3 is 0 Å². The number of aromatic nitrogens is 2. The molecule has 19 heavy (non-hydrogen) atoms. The number of likely N-dealkylation sites (tertiary alicyclic amines) is 1. The Bertz CT molecular complexity index is 462. The van der Waals surface area contributed by atoms with Crippen molar-refractivity contribution in [3.63, 3.8) is 0 Å². The quantitative estimate of drug-likeness (QED) is 0.848. The molecule has 1 unspecified atom stereocenters. The number of carbonyl (C=O) groups excluding carboxylic acids is 1. The minimum atomic E-state index is 0.203. The van der Waals surface area contributed by atoms with Gasteiger partial charge < -0.3 is 16.0 Å². The van der Waals surface area contributed by atoms with Gasteiger partial charge in [-0.3, -0.25) is 4.79 Å². The number of likely N-dealkylation sites (N-methyl/N-ethyl adjacent to an activating group) is 1. The van der Waals surface area contributed by atoms with Gasteiger partial charge in [0.2, 0.25) is 5.91 Å². The van der Waals surface area contributed by atoms with Gasteiger partial charge in [0.15, 0.2) is 0 Å². The number of anilines is 2. The number of piperidine rings is 1. The molecule has 0 bridgehead atoms. The highest BCUT2D eigenvalue weighted by Crippen LogP contribution is 2.22. The van der Waals surface area contributed by atoms with Crippen LogP contribution in [0.4, 0.5) is 11.6 Å². The molecule has 2 rings (SSSR count). The van der Waals surface area contributed by atoms with Crippen molar-refractivity contribution < 1.29 is 4.79 Å². The first-order valence-corrected chi connectivity index (χ1v) is 6.71. The summed E-state index contributed by atoms with van der Waals surface area (Å²) < 4.78 is 0. The number of hydrogen-bond donors (Lipinski definition) is 2. The van der Waals surface area contributed by atoms with Crippen LogP contribution < -0.4 is 11.1 Å². The first-order valence-electron chi connectivity index (χ1n) is 6.71. The fourth-order valence-corrected chi connectivity index (χ4v) is 2.37. The molecule has 104 valence electrons. The molecule has 0 spiro atoms. The molecular weight excluding hydrogens is 242 g/mol. The van der Waals surface area contributed by atoms with E-state index in [1.165, 1.54) is 6.33 Å². The van der Waals surface area contributed by atoms with Crippen LogP contribution in [0.1, 0.15) is 31.7 Å². The highest BCUT2D eigenvalue weighted by molar-refractivity contribution is 5.77. The first-order chi connectivity index (χ1) is 9.11. The normalized spacial score (nSPS) is 19.6. The zero-order valence-corrected chi connectivity index (χ0v) is 11.5. The number of nitrogens with zero attached hydrogens (tertiary/aromatic N) is 3. The van der Waals surface area contributed by atoms with Gasteiger partial charge in [0.1, 0.15) is 18.0 Å². The Labute approximate surface area is 113 Å². The summed E-state index contributed by atoms with van der Waals surface area (Å²) in [4.78, 5) is 21.6. The number of rotatable bonds is 4. The number of hydrogen-bond acceptors (Lipinski definition) is 5. The predicted molar refractivity (Wildman–Crippen MR) is 74.7 cm³/mol. The Kier molecular flexibility index (Phi) is 4.19. The summed E-state index contributed by atoms with van der Waals surface area (Å²) in [6.45, 7) is 2.80. The lowest BCUT2D eigenvalue weighted by Gasteiger charge is -2.31. The van der Waals surface area contributed by atoms with Gasteiger partial charge in [0, 0.05) is 31.6 Å². The van der Waals surface area contributed by atoms with Crippen molar-refractivity contribution in [1.82, 2.24) is 14.9 Å². The Morgan fingerprint density at radius 3 is 3.00 bits per heavy atom. The number of nitrogens with two attached hydrogens (primary N) is 1. The summed E-state index contributed by atoms with van der Waals surface area (Å²) in [7, 11) is 1.83. The number of nitrogens with one attached hydrogen (secondary N) is 1. The lowest BCUT2D eigenvalue weighted by Crippen LogP contribution is -2.43. The largest absolute Gasteiger partial charge is 0.383 e. The summed E-state index contributed by atoms with van der Waals surface area (Å²) in [5, 5.41) is 3.40. The predicted octanol–water partition coefficient (Wildman–Crippen LogP) is 1.04. The van der Waals surface area contributed by atoms with Gasteiger partial charge in [-0.1, -0.05) is 13.3 Å². The van der Waals surface area contributed by atoms with Crippen LogP contribution in [0, 0.1) is 0 Å². The van der Waals surface area contributed by atoms with Crippen LogP contribution in [-0.4, -0.2) is 40.4 Å². The molecule has 3 N–H and O–H groups in total. The van der Waals surface area contributed by atoms with Crippen molar-refractivity contribution in [3.05, 3.63) is 11.9 Å². The third-order valence-corrected chi connectivity index (χ3v) is 3.45. The number of carbonyl (C=O) groups is 1. The van der Waals surface area contributed by atoms with E-state index in [4.69, 9.17) is 5.73 Å². The van der Waals surface area contributed by atoms with E-state index in [-0.39, 0.29) is 11.9 Å². The molecule has 0 aliphatic carbocycles. The maximum atomic E-state index is 11.5. The van der Waals surface area contributed by atoms with E-state index in [9.17, 15) is 4.79 Å². The van der Waals surface area contributed by atoms with Gasteiger partial charge in [-0.2, -0.15) is 0 Å². The first kappa shape index (κ1) is 13.6. The average Bonchev–Trinajstić information content (AvgIpc) is 2.38. The zero-order valence-electron chi connectivity index (χ0n) is 11.5. The van der Waals surface area contributed by atoms with Crippen LogP contribution in [0.25, 0.3) is 0 Å². The minimum absolute atomic E-state index is 0.203. The molecule has 0 radical (unpaired) electrons. The van der Waals surface area contributed by atoms with Gasteiger partial charge in [-0.05, 0) is 12.8 Å². The van der Waals surface area contributed by atoms with Crippen LogP contribution in [0.2, 0.25) is 0 Å². The third kappa shape index (κ3) is 3.13. The van der Waals surface area contributed by atoms with Crippen molar-refractivity contribution in [1.29, 1.82) is 0 Å². The van der Waals surface area contributed by atoms with Gasteiger partial charge in [-0.15, -0.1) is 0 Å². The van der Waals surface area contributed by atoms with E-state index >= 15 is 0 Å². The molecule has 0 aromatic carbocycles. The van der Waals surface area contributed by atoms with Crippen LogP contribution in [0.3, 0.4) is 0 Å². The molecule has 1 saturated heterocycles. The van der Waals surface area contributed by atoms with Crippen molar-refractivity contribution in [2.24, 2.45) is 0 Å². The minimum Gasteiger partial charge on any atom is -0.383 e. The summed E-state index contributed by atoms with van der Waals surface area (Å²) >= 11 is 0. The van der Waals surface area contributed by atoms with Crippen molar-refractivity contribution in [2.45, 2.75) is 38.6 Å². The Hall–Kier alpha value is -1.85. The highest BCUT2D eigenvalue weighted by atomic mass is 16.2. The fourth-order valence-electron chi connectivity index (χ4n) is 2.37. The summed E-state index contributed by atoms with van der Waals surface area (Å²) in [5.41, 5.74) is 6.88. The van der Waals surface area contributed by atoms with E-state index in [1.807, 2.05) is 7.05 Å². The molecule has 1 amide bonds. The standard InChI is InChI=1S/C13H21N5O/c1-3-4-10-12(14)15-8-16-13(10)17-9-5-6-11(19)18(2)7-9/h8-9H,3-7H2,1-2H3,(H3,14,15,16,17). The van der Waals surface area contributed by atoms with Gasteiger partial charge in [0.05, 0.1) is 0 Å². The van der Waals surface area contributed by atoms with Gasteiger partial charge in [0.25, 0.3) is 0 Å². The monoisotopic (exact) mass is 263 g/mol. The summed E-state index contributed by atoms with van der Waals surface area (Å²) in [5.74, 6) is 1.55. The SMILES string of the molecule is CCCc1c(N)ncnc1NC1CCC(=O)N(C)C1. The molecule has 1 aliphatic heterocycles. The van der Waals surface area contributed by atoms with Crippen LogP contribution in [0.15, 0.2) is 6.33 Å². The van der Waals surface area contributed by atoms with E-state index < -0.39 is 0 Å². The van der Waals surface area contributed by atoms with E-state index in [2.05, 4.69) is 22.2 Å². The molecule has 1 atom stereocenters. The van der Waals surface area contributed by atoms with Crippen LogP contribution >= 0.6 is 0 Å². The van der Waals surface area contributed by atoms with E-state index in [0.717, 1.165) is 30.6 Å². The van der Waals surface area contributed by atoms with Gasteiger partial charge in [-0.25, -0.2) is 9.97 Å². The Morgan fingerprint density at radius 2 is 2.32 bits per heavy atom. The Balaban J connectivity index is 2.10. The maximum Gasteiger partial charge on any atom is 0.222 e. The smallest absolute Gasteiger partial charge is 0.222 e. The lowest BCUT2D eigenvalue weighted by molar-refractivity contribution is -0.132. The topological polar surface area (TPSA) is 84.1 Å². The molecule has 6 heteroatoms. The Morgan fingerprint density at radius 1 is 1.53 bits per heavy atom. The molecule has 1 aliphatic rings. The van der Waals surface area contributed by atoms with Crippen LogP contribution in [0.5, 0.6) is 0 Å². The van der Waals surface area contributed by atoms with Crippen molar-refractivity contribution in [2.75, 3.05) is 24.6 Å². The lowest BCUT2D eigenvalue weighted by atomic mass is 10.0. The number of nitrogen functional groups attached to an aromatic ring is 1. The van der Waals surface area contributed by atoms with E-state index in [1.54, 1.807) is 4.90 Å². The fraction of sp³-hybridized carbons (Fsp3) is 0.615. The second kappa shape index (κ2) is 5.86.